The molecular formula is C21H31N5O2. The normalized spacial score (nSPS) is 17.1. The molecule has 2 aromatic rings. The Morgan fingerprint density at radius 2 is 2.18 bits per heavy atom. The molecule has 1 aliphatic heterocycles. The molecule has 7 heteroatoms. The number of ether oxygens (including phenoxy) is 2. The van der Waals surface area contributed by atoms with Gasteiger partial charge in [-0.25, -0.2) is 4.68 Å². The lowest BCUT2D eigenvalue weighted by atomic mass is 10.1. The first-order valence-electron chi connectivity index (χ1n) is 9.93. The van der Waals surface area contributed by atoms with Crippen molar-refractivity contribution in [2.45, 2.75) is 39.3 Å². The molecular weight excluding hydrogens is 354 g/mol. The summed E-state index contributed by atoms with van der Waals surface area (Å²) in [4.78, 5) is 4.31. The number of aromatic nitrogens is 2. The highest BCUT2D eigenvalue weighted by Crippen LogP contribution is 2.16. The number of hydrogen-bond donors (Lipinski definition) is 2. The molecule has 0 spiro atoms. The van der Waals surface area contributed by atoms with E-state index in [2.05, 4.69) is 45.8 Å². The smallest absolute Gasteiger partial charge is 0.191 e. The lowest BCUT2D eigenvalue weighted by Gasteiger charge is -2.15. The van der Waals surface area contributed by atoms with Crippen molar-refractivity contribution < 1.29 is 9.47 Å². The van der Waals surface area contributed by atoms with E-state index >= 15 is 0 Å². The van der Waals surface area contributed by atoms with Crippen LogP contribution >= 0.6 is 0 Å². The third-order valence-corrected chi connectivity index (χ3v) is 4.75. The molecule has 28 heavy (non-hydrogen) atoms. The monoisotopic (exact) mass is 385 g/mol. The van der Waals surface area contributed by atoms with Gasteiger partial charge in [-0.3, -0.25) is 4.99 Å². The number of aryl methyl sites for hydroxylation is 2. The van der Waals surface area contributed by atoms with Crippen molar-refractivity contribution in [2.75, 3.05) is 33.4 Å². The van der Waals surface area contributed by atoms with Crippen LogP contribution in [0.15, 0.2) is 35.3 Å². The van der Waals surface area contributed by atoms with E-state index in [9.17, 15) is 0 Å². The summed E-state index contributed by atoms with van der Waals surface area (Å²) in [5.74, 6) is 0.785. The van der Waals surface area contributed by atoms with Crippen LogP contribution in [0.1, 0.15) is 29.8 Å². The standard InChI is InChI=1S/C21H31N5O2/c1-16-13-17(2)26(25-16)20-8-5-4-7-18(20)14-24-21(22-3)23-10-6-11-28-19-9-12-27-15-19/h4-5,7-8,13,19H,6,9-12,14-15H2,1-3H3,(H2,22,23,24). The Labute approximate surface area is 167 Å². The number of rotatable bonds is 8. The quantitative estimate of drug-likeness (QED) is 0.415. The van der Waals surface area contributed by atoms with Crippen molar-refractivity contribution in [3.63, 3.8) is 0 Å². The van der Waals surface area contributed by atoms with Crippen LogP contribution in [-0.2, 0) is 16.0 Å². The van der Waals surface area contributed by atoms with Crippen LogP contribution in [-0.4, -0.2) is 55.3 Å². The lowest BCUT2D eigenvalue weighted by Crippen LogP contribution is -2.37. The van der Waals surface area contributed by atoms with Gasteiger partial charge in [-0.05, 0) is 44.4 Å². The van der Waals surface area contributed by atoms with E-state index < -0.39 is 0 Å². The van der Waals surface area contributed by atoms with Crippen LogP contribution in [0.25, 0.3) is 5.69 Å². The summed E-state index contributed by atoms with van der Waals surface area (Å²) < 4.78 is 13.1. The van der Waals surface area contributed by atoms with Gasteiger partial charge in [-0.15, -0.1) is 0 Å². The first-order valence-corrected chi connectivity index (χ1v) is 9.93. The molecule has 0 amide bonds. The lowest BCUT2D eigenvalue weighted by molar-refractivity contribution is 0.0420. The molecule has 0 bridgehead atoms. The molecule has 1 saturated heterocycles. The maximum Gasteiger partial charge on any atom is 0.191 e. The molecule has 1 unspecified atom stereocenters. The van der Waals surface area contributed by atoms with Gasteiger partial charge in [-0.2, -0.15) is 5.10 Å². The summed E-state index contributed by atoms with van der Waals surface area (Å²) in [6, 6.07) is 10.4. The van der Waals surface area contributed by atoms with E-state index in [1.54, 1.807) is 7.05 Å². The van der Waals surface area contributed by atoms with E-state index in [-0.39, 0.29) is 6.10 Å². The van der Waals surface area contributed by atoms with Gasteiger partial charge < -0.3 is 20.1 Å². The topological polar surface area (TPSA) is 72.7 Å². The highest BCUT2D eigenvalue weighted by Gasteiger charge is 2.15. The summed E-state index contributed by atoms with van der Waals surface area (Å²) in [7, 11) is 1.79. The molecule has 7 nitrogen and oxygen atoms in total. The Morgan fingerprint density at radius 3 is 2.89 bits per heavy atom. The highest BCUT2D eigenvalue weighted by molar-refractivity contribution is 5.79. The predicted molar refractivity (Wildman–Crippen MR) is 111 cm³/mol. The van der Waals surface area contributed by atoms with Crippen molar-refractivity contribution in [1.82, 2.24) is 20.4 Å². The van der Waals surface area contributed by atoms with Gasteiger partial charge in [0.05, 0.1) is 24.1 Å². The number of nitrogens with zero attached hydrogens (tertiary/aromatic N) is 3. The van der Waals surface area contributed by atoms with Crippen molar-refractivity contribution >= 4 is 5.96 Å². The van der Waals surface area contributed by atoms with Gasteiger partial charge in [0.1, 0.15) is 0 Å². The fourth-order valence-electron chi connectivity index (χ4n) is 3.31. The van der Waals surface area contributed by atoms with Crippen LogP contribution in [0.5, 0.6) is 0 Å². The second-order valence-corrected chi connectivity index (χ2v) is 7.03. The van der Waals surface area contributed by atoms with Gasteiger partial charge >= 0.3 is 0 Å². The molecule has 1 aliphatic rings. The molecule has 0 saturated carbocycles. The Bertz CT molecular complexity index is 781. The van der Waals surface area contributed by atoms with Crippen molar-refractivity contribution in [2.24, 2.45) is 4.99 Å². The fraction of sp³-hybridized carbons (Fsp3) is 0.524. The van der Waals surface area contributed by atoms with Crippen LogP contribution in [0.3, 0.4) is 0 Å². The maximum absolute atomic E-state index is 5.79. The average Bonchev–Trinajstić information content (AvgIpc) is 3.33. The Morgan fingerprint density at radius 1 is 1.32 bits per heavy atom. The van der Waals surface area contributed by atoms with Crippen LogP contribution < -0.4 is 10.6 Å². The third kappa shape index (κ3) is 5.56. The molecule has 0 radical (unpaired) electrons. The number of guanidine groups is 1. The highest BCUT2D eigenvalue weighted by atomic mass is 16.5. The Balaban J connectivity index is 1.48. The van der Waals surface area contributed by atoms with Gasteiger partial charge in [0.2, 0.25) is 0 Å². The van der Waals surface area contributed by atoms with E-state index in [0.717, 1.165) is 62.2 Å². The summed E-state index contributed by atoms with van der Waals surface area (Å²) >= 11 is 0. The molecule has 152 valence electrons. The molecule has 1 fully saturated rings. The van der Waals surface area contributed by atoms with Crippen LogP contribution in [0, 0.1) is 13.8 Å². The average molecular weight is 386 g/mol. The first-order chi connectivity index (χ1) is 13.7. The van der Waals surface area contributed by atoms with E-state index in [1.807, 2.05) is 23.7 Å². The van der Waals surface area contributed by atoms with E-state index in [1.165, 1.54) is 5.56 Å². The minimum absolute atomic E-state index is 0.267. The van der Waals surface area contributed by atoms with E-state index in [4.69, 9.17) is 9.47 Å². The summed E-state index contributed by atoms with van der Waals surface area (Å²) in [5, 5.41) is 11.3. The zero-order valence-corrected chi connectivity index (χ0v) is 17.1. The molecule has 1 aromatic carbocycles. The van der Waals surface area contributed by atoms with Crippen molar-refractivity contribution in [1.29, 1.82) is 0 Å². The number of aliphatic imine (C=N–C) groups is 1. The van der Waals surface area contributed by atoms with E-state index in [0.29, 0.717) is 6.54 Å². The summed E-state index contributed by atoms with van der Waals surface area (Å²) in [6.07, 6.45) is 2.20. The zero-order valence-electron chi connectivity index (χ0n) is 17.1. The number of nitrogens with one attached hydrogen (secondary N) is 2. The summed E-state index contributed by atoms with van der Waals surface area (Å²) in [6.45, 7) is 7.85. The molecule has 2 N–H and O–H groups in total. The second kappa shape index (κ2) is 10.2. The van der Waals surface area contributed by atoms with Gasteiger partial charge in [0.15, 0.2) is 5.96 Å². The van der Waals surface area contributed by atoms with Crippen molar-refractivity contribution in [3.05, 3.63) is 47.3 Å². The predicted octanol–water partition coefficient (Wildman–Crippen LogP) is 2.35. The SMILES string of the molecule is CN=C(NCCCOC1CCOC1)NCc1ccccc1-n1nc(C)cc1C. The van der Waals surface area contributed by atoms with Crippen LogP contribution in [0.4, 0.5) is 0 Å². The third-order valence-electron chi connectivity index (χ3n) is 4.75. The Hall–Kier alpha value is -2.38. The molecule has 0 aliphatic carbocycles. The zero-order chi connectivity index (χ0) is 19.8. The maximum atomic E-state index is 5.79. The number of hydrogen-bond acceptors (Lipinski definition) is 4. The molecule has 1 aromatic heterocycles. The molecule has 3 rings (SSSR count). The minimum Gasteiger partial charge on any atom is -0.379 e. The first kappa shape index (κ1) is 20.4. The van der Waals surface area contributed by atoms with Gasteiger partial charge in [0, 0.05) is 39.0 Å². The number of benzene rings is 1. The van der Waals surface area contributed by atoms with Crippen LogP contribution in [0.2, 0.25) is 0 Å². The van der Waals surface area contributed by atoms with Crippen molar-refractivity contribution in [3.8, 4) is 5.69 Å². The molecule has 2 heterocycles. The Kier molecular flexibility index (Phi) is 7.45. The fourth-order valence-corrected chi connectivity index (χ4v) is 3.31. The number of para-hydroxylation sites is 1. The van der Waals surface area contributed by atoms with Gasteiger partial charge in [0.25, 0.3) is 0 Å². The second-order valence-electron chi connectivity index (χ2n) is 7.03. The molecule has 1 atom stereocenters. The minimum atomic E-state index is 0.267. The largest absolute Gasteiger partial charge is 0.379 e. The summed E-state index contributed by atoms with van der Waals surface area (Å²) in [5.41, 5.74) is 4.40. The van der Waals surface area contributed by atoms with Gasteiger partial charge in [-0.1, -0.05) is 18.2 Å².